The Kier molecular flexibility index (Phi) is 7.80. The Bertz CT molecular complexity index is 520. The molecule has 1 fully saturated rings. The minimum atomic E-state index is -1.61. The molecule has 0 aliphatic carbocycles. The number of carbonyl (C=O) groups excluding carboxylic acids is 3. The van der Waals surface area contributed by atoms with Gasteiger partial charge in [-0.25, -0.2) is 9.18 Å². The maximum atomic E-state index is 13.7. The molecule has 26 heavy (non-hydrogen) atoms. The third-order valence-corrected chi connectivity index (χ3v) is 3.52. The quantitative estimate of drug-likeness (QED) is 0.681. The first-order valence-electron chi connectivity index (χ1n) is 8.69. The van der Waals surface area contributed by atoms with E-state index in [2.05, 4.69) is 5.32 Å². The van der Waals surface area contributed by atoms with Crippen molar-refractivity contribution in [2.24, 2.45) is 0 Å². The molecule has 0 saturated carbocycles. The second-order valence-corrected chi connectivity index (χ2v) is 7.60. The van der Waals surface area contributed by atoms with Crippen molar-refractivity contribution in [2.45, 2.75) is 84.0 Å². The van der Waals surface area contributed by atoms with Crippen molar-refractivity contribution < 1.29 is 33.4 Å². The Morgan fingerprint density at radius 3 is 2.54 bits per heavy atom. The van der Waals surface area contributed by atoms with Gasteiger partial charge in [0.05, 0.1) is 18.6 Å². The molecule has 0 spiro atoms. The van der Waals surface area contributed by atoms with Crippen molar-refractivity contribution in [1.29, 1.82) is 0 Å². The number of halogens is 1. The summed E-state index contributed by atoms with van der Waals surface area (Å²) in [4.78, 5) is 36.9. The number of rotatable bonds is 6. The lowest BCUT2D eigenvalue weighted by molar-refractivity contribution is -0.157. The second kappa shape index (κ2) is 9.16. The van der Waals surface area contributed by atoms with Gasteiger partial charge in [0.2, 0.25) is 5.91 Å². The fourth-order valence-electron chi connectivity index (χ4n) is 2.49. The predicted octanol–water partition coefficient (Wildman–Crippen LogP) is 1.50. The van der Waals surface area contributed by atoms with E-state index in [-0.39, 0.29) is 31.9 Å². The second-order valence-electron chi connectivity index (χ2n) is 7.60. The lowest BCUT2D eigenvalue weighted by Gasteiger charge is -2.36. The Hall–Kier alpha value is -1.90. The maximum Gasteiger partial charge on any atom is 0.407 e. The van der Waals surface area contributed by atoms with Crippen molar-refractivity contribution >= 4 is 18.0 Å². The minimum absolute atomic E-state index is 0.0478. The van der Waals surface area contributed by atoms with Gasteiger partial charge in [0, 0.05) is 13.0 Å². The summed E-state index contributed by atoms with van der Waals surface area (Å²) in [6.07, 6.45) is -4.66. The van der Waals surface area contributed by atoms with Crippen LogP contribution in [0.2, 0.25) is 0 Å². The summed E-state index contributed by atoms with van der Waals surface area (Å²) in [5.41, 5.74) is -0.752. The topological polar surface area (TPSA) is 105 Å². The first-order valence-corrected chi connectivity index (χ1v) is 8.69. The Morgan fingerprint density at radius 2 is 2.00 bits per heavy atom. The van der Waals surface area contributed by atoms with E-state index in [9.17, 15) is 23.9 Å². The van der Waals surface area contributed by atoms with Crippen molar-refractivity contribution in [3.05, 3.63) is 0 Å². The number of ether oxygens (including phenoxy) is 2. The number of alkyl carbamates (subject to hydrolysis) is 1. The third kappa shape index (κ3) is 7.55. The molecule has 1 aliphatic rings. The van der Waals surface area contributed by atoms with Gasteiger partial charge < -0.3 is 24.8 Å². The van der Waals surface area contributed by atoms with Crippen molar-refractivity contribution in [1.82, 2.24) is 10.2 Å². The molecule has 150 valence electrons. The molecule has 0 radical (unpaired) electrons. The highest BCUT2D eigenvalue weighted by molar-refractivity contribution is 5.78. The molecule has 0 bridgehead atoms. The van der Waals surface area contributed by atoms with Gasteiger partial charge >= 0.3 is 12.1 Å². The Balaban J connectivity index is 2.83. The van der Waals surface area contributed by atoms with Gasteiger partial charge in [0.15, 0.2) is 6.23 Å². The van der Waals surface area contributed by atoms with E-state index in [1.807, 2.05) is 0 Å². The number of alkyl halides is 1. The van der Waals surface area contributed by atoms with Crippen LogP contribution in [0.1, 0.15) is 53.9 Å². The number of hydrogen-bond acceptors (Lipinski definition) is 6. The zero-order chi connectivity index (χ0) is 20.1. The normalized spacial score (nSPS) is 22.2. The maximum absolute atomic E-state index is 13.7. The smallest absolute Gasteiger partial charge is 0.407 e. The first-order chi connectivity index (χ1) is 11.9. The van der Waals surface area contributed by atoms with Crippen LogP contribution in [0, 0.1) is 0 Å². The van der Waals surface area contributed by atoms with E-state index in [0.717, 1.165) is 4.90 Å². The summed E-state index contributed by atoms with van der Waals surface area (Å²) in [6, 6.07) is -0.889. The van der Waals surface area contributed by atoms with Crippen LogP contribution in [0.25, 0.3) is 0 Å². The highest BCUT2D eigenvalue weighted by Crippen LogP contribution is 2.20. The number of nitrogens with zero attached hydrogens (tertiary/aromatic N) is 1. The third-order valence-electron chi connectivity index (χ3n) is 3.52. The van der Waals surface area contributed by atoms with Gasteiger partial charge in [-0.15, -0.1) is 0 Å². The van der Waals surface area contributed by atoms with Crippen LogP contribution in [0.3, 0.4) is 0 Å². The Morgan fingerprint density at radius 1 is 1.38 bits per heavy atom. The summed E-state index contributed by atoms with van der Waals surface area (Å²) < 4.78 is 23.9. The number of likely N-dealkylation sites (tertiary alicyclic amines) is 1. The van der Waals surface area contributed by atoms with Gasteiger partial charge in [-0.3, -0.25) is 9.59 Å². The zero-order valence-corrected chi connectivity index (χ0v) is 16.0. The van der Waals surface area contributed by atoms with Gasteiger partial charge in [0.25, 0.3) is 0 Å². The molecule has 8 nitrogen and oxygen atoms in total. The zero-order valence-electron chi connectivity index (χ0n) is 16.0. The van der Waals surface area contributed by atoms with Gasteiger partial charge in [0.1, 0.15) is 11.8 Å². The largest absolute Gasteiger partial charge is 0.463 e. The van der Waals surface area contributed by atoms with Crippen LogP contribution in [-0.2, 0) is 19.1 Å². The van der Waals surface area contributed by atoms with Crippen LogP contribution in [0.15, 0.2) is 0 Å². The van der Waals surface area contributed by atoms with E-state index < -0.39 is 42.0 Å². The molecular formula is C17H29FN2O6. The number of carbonyl (C=O) groups is 3. The van der Waals surface area contributed by atoms with Crippen LogP contribution in [0.5, 0.6) is 0 Å². The monoisotopic (exact) mass is 376 g/mol. The molecule has 2 amide bonds. The van der Waals surface area contributed by atoms with E-state index in [0.29, 0.717) is 0 Å². The number of aliphatic hydroxyl groups is 1. The molecule has 3 atom stereocenters. The molecule has 1 rings (SSSR count). The summed E-state index contributed by atoms with van der Waals surface area (Å²) in [5, 5.41) is 12.4. The standard InChI is InChI=1S/C17H29FN2O6/c1-10(2)25-14(22)8-11(19-16(24)26-17(3,4)5)9-20-13(21)7-6-12(18)15(20)23/h10-12,15,23H,6-9H2,1-5H3,(H,19,24)/t11-,12?,15?/m0/s1. The molecular weight excluding hydrogens is 347 g/mol. The number of nitrogens with one attached hydrogen (secondary N) is 1. The molecule has 0 aromatic heterocycles. The fraction of sp³-hybridized carbons (Fsp3) is 0.824. The highest BCUT2D eigenvalue weighted by Gasteiger charge is 2.36. The molecule has 2 unspecified atom stereocenters. The summed E-state index contributed by atoms with van der Waals surface area (Å²) in [6.45, 7) is 8.17. The number of amides is 2. The molecule has 9 heteroatoms. The number of piperidine rings is 1. The molecule has 0 aromatic carbocycles. The van der Waals surface area contributed by atoms with E-state index in [4.69, 9.17) is 9.47 Å². The lowest BCUT2D eigenvalue weighted by Crippen LogP contribution is -2.55. The van der Waals surface area contributed by atoms with Crippen molar-refractivity contribution in [3.63, 3.8) is 0 Å². The van der Waals surface area contributed by atoms with E-state index in [1.54, 1.807) is 34.6 Å². The molecule has 0 aromatic rings. The molecule has 1 heterocycles. The van der Waals surface area contributed by atoms with Gasteiger partial charge in [-0.05, 0) is 41.0 Å². The van der Waals surface area contributed by atoms with Gasteiger partial charge in [-0.1, -0.05) is 0 Å². The minimum Gasteiger partial charge on any atom is -0.463 e. The molecule has 2 N–H and O–H groups in total. The fourth-order valence-corrected chi connectivity index (χ4v) is 2.49. The van der Waals surface area contributed by atoms with Crippen LogP contribution in [0.4, 0.5) is 9.18 Å². The summed E-state index contributed by atoms with van der Waals surface area (Å²) in [5.74, 6) is -1.03. The van der Waals surface area contributed by atoms with E-state index >= 15 is 0 Å². The molecule has 1 aliphatic heterocycles. The predicted molar refractivity (Wildman–Crippen MR) is 90.9 cm³/mol. The molecule has 1 saturated heterocycles. The summed E-state index contributed by atoms with van der Waals surface area (Å²) in [7, 11) is 0. The average molecular weight is 376 g/mol. The average Bonchev–Trinajstić information content (AvgIpc) is 2.44. The van der Waals surface area contributed by atoms with Crippen molar-refractivity contribution in [2.75, 3.05) is 6.54 Å². The number of esters is 1. The Labute approximate surface area is 153 Å². The highest BCUT2D eigenvalue weighted by atomic mass is 19.1. The van der Waals surface area contributed by atoms with Crippen molar-refractivity contribution in [3.8, 4) is 0 Å². The van der Waals surface area contributed by atoms with Crippen LogP contribution >= 0.6 is 0 Å². The lowest BCUT2D eigenvalue weighted by atomic mass is 10.0. The first kappa shape index (κ1) is 22.1. The van der Waals surface area contributed by atoms with Crippen LogP contribution < -0.4 is 5.32 Å². The van der Waals surface area contributed by atoms with Crippen LogP contribution in [-0.4, -0.2) is 64.7 Å². The number of aliphatic hydroxyl groups excluding tert-OH is 1. The SMILES string of the molecule is CC(C)OC(=O)C[C@@H](CN1C(=O)CCC(F)C1O)NC(=O)OC(C)(C)C. The summed E-state index contributed by atoms with van der Waals surface area (Å²) >= 11 is 0. The number of hydrogen-bond donors (Lipinski definition) is 2. The van der Waals surface area contributed by atoms with Gasteiger partial charge in [-0.2, -0.15) is 0 Å². The van der Waals surface area contributed by atoms with E-state index in [1.165, 1.54) is 0 Å².